The van der Waals surface area contributed by atoms with Gasteiger partial charge in [-0.15, -0.1) is 0 Å². The van der Waals surface area contributed by atoms with Gasteiger partial charge in [0.05, 0.1) is 0 Å². The molecule has 1 N–H and O–H groups in total. The number of hydrogen-bond acceptors (Lipinski definition) is 4. The van der Waals surface area contributed by atoms with Gasteiger partial charge in [0.15, 0.2) is 0 Å². The van der Waals surface area contributed by atoms with Gasteiger partial charge in [-0.1, -0.05) is 24.3 Å². The summed E-state index contributed by atoms with van der Waals surface area (Å²) in [6.07, 6.45) is 1.13. The van der Waals surface area contributed by atoms with Crippen LogP contribution in [0.1, 0.15) is 29.4 Å². The van der Waals surface area contributed by atoms with E-state index in [1.54, 1.807) is 4.57 Å². The lowest BCUT2D eigenvalue weighted by atomic mass is 10.00. The summed E-state index contributed by atoms with van der Waals surface area (Å²) in [5.74, 6) is 0. The average molecular weight is 340 g/mol. The molecule has 1 aromatic carbocycles. The number of hydrogen-bond donors (Lipinski definition) is 1. The molecule has 0 saturated heterocycles. The second-order valence-corrected chi connectivity index (χ2v) is 7.08. The zero-order valence-electron chi connectivity index (χ0n) is 15.5. The van der Waals surface area contributed by atoms with Gasteiger partial charge in [-0.2, -0.15) is 4.98 Å². The van der Waals surface area contributed by atoms with Crippen molar-refractivity contribution >= 4 is 0 Å². The zero-order chi connectivity index (χ0) is 17.8. The minimum atomic E-state index is -0.153. The number of fused-ring (bicyclic) bond motifs is 1. The second-order valence-electron chi connectivity index (χ2n) is 7.08. The van der Waals surface area contributed by atoms with Crippen LogP contribution in [0.2, 0.25) is 0 Å². The third-order valence-corrected chi connectivity index (χ3v) is 4.92. The molecule has 2 heterocycles. The Hall–Kier alpha value is -1.98. The fourth-order valence-electron chi connectivity index (χ4n) is 3.63. The molecule has 1 aromatic heterocycles. The van der Waals surface area contributed by atoms with Crippen LogP contribution in [-0.4, -0.2) is 40.1 Å². The van der Waals surface area contributed by atoms with Crippen molar-refractivity contribution in [1.82, 2.24) is 19.8 Å². The highest BCUT2D eigenvalue weighted by Gasteiger charge is 2.17. The molecule has 0 bridgehead atoms. The van der Waals surface area contributed by atoms with Crippen LogP contribution in [0.3, 0.4) is 0 Å². The molecular weight excluding hydrogens is 312 g/mol. The molecule has 134 valence electrons. The van der Waals surface area contributed by atoms with Crippen LogP contribution in [0.4, 0.5) is 0 Å². The molecule has 1 aliphatic rings. The van der Waals surface area contributed by atoms with Crippen molar-refractivity contribution in [2.45, 2.75) is 46.3 Å². The SMILES string of the molecule is Cc1cc(C)n(CCN[C@@H](C)CN2CCc3ccccc3C2)c(=O)n1. The highest BCUT2D eigenvalue weighted by molar-refractivity contribution is 5.29. The first-order valence-corrected chi connectivity index (χ1v) is 9.10. The first-order chi connectivity index (χ1) is 12.0. The van der Waals surface area contributed by atoms with Gasteiger partial charge in [0.25, 0.3) is 0 Å². The van der Waals surface area contributed by atoms with Gasteiger partial charge in [-0.25, -0.2) is 4.79 Å². The Balaban J connectivity index is 1.48. The van der Waals surface area contributed by atoms with Crippen LogP contribution in [0, 0.1) is 13.8 Å². The van der Waals surface area contributed by atoms with E-state index in [9.17, 15) is 4.79 Å². The predicted octanol–water partition coefficient (Wildman–Crippen LogP) is 1.90. The summed E-state index contributed by atoms with van der Waals surface area (Å²) < 4.78 is 1.74. The lowest BCUT2D eigenvalue weighted by molar-refractivity contribution is 0.229. The summed E-state index contributed by atoms with van der Waals surface area (Å²) in [5, 5.41) is 3.54. The molecule has 1 aliphatic heterocycles. The van der Waals surface area contributed by atoms with E-state index in [1.807, 2.05) is 19.9 Å². The zero-order valence-corrected chi connectivity index (χ0v) is 15.5. The maximum atomic E-state index is 12.0. The van der Waals surface area contributed by atoms with Gasteiger partial charge in [0, 0.05) is 50.2 Å². The van der Waals surface area contributed by atoms with E-state index in [1.165, 1.54) is 11.1 Å². The molecule has 2 aromatic rings. The Morgan fingerprint density at radius 3 is 2.76 bits per heavy atom. The minimum Gasteiger partial charge on any atom is -0.311 e. The normalized spacial score (nSPS) is 15.8. The fourth-order valence-corrected chi connectivity index (χ4v) is 3.63. The van der Waals surface area contributed by atoms with Crippen molar-refractivity contribution in [2.24, 2.45) is 0 Å². The molecule has 0 aliphatic carbocycles. The van der Waals surface area contributed by atoms with Crippen LogP contribution in [0.25, 0.3) is 0 Å². The molecule has 0 radical (unpaired) electrons. The monoisotopic (exact) mass is 340 g/mol. The number of aryl methyl sites for hydroxylation is 2. The molecule has 5 nitrogen and oxygen atoms in total. The molecule has 0 saturated carbocycles. The third-order valence-electron chi connectivity index (χ3n) is 4.92. The molecule has 5 heteroatoms. The van der Waals surface area contributed by atoms with Crippen LogP contribution < -0.4 is 11.0 Å². The van der Waals surface area contributed by atoms with Gasteiger partial charge in [-0.3, -0.25) is 9.47 Å². The molecule has 25 heavy (non-hydrogen) atoms. The molecule has 0 amide bonds. The Morgan fingerprint density at radius 1 is 1.24 bits per heavy atom. The first kappa shape index (κ1) is 17.8. The third kappa shape index (κ3) is 4.55. The molecule has 0 spiro atoms. The van der Waals surface area contributed by atoms with Gasteiger partial charge in [0.1, 0.15) is 0 Å². The fraction of sp³-hybridized carbons (Fsp3) is 0.500. The summed E-state index contributed by atoms with van der Waals surface area (Å²) in [6.45, 7) is 10.6. The maximum absolute atomic E-state index is 12.0. The molecule has 0 unspecified atom stereocenters. The van der Waals surface area contributed by atoms with Crippen molar-refractivity contribution in [3.05, 3.63) is 63.3 Å². The smallest absolute Gasteiger partial charge is 0.311 e. The van der Waals surface area contributed by atoms with E-state index in [0.29, 0.717) is 12.6 Å². The van der Waals surface area contributed by atoms with E-state index in [0.717, 1.165) is 44.0 Å². The van der Waals surface area contributed by atoms with Crippen molar-refractivity contribution in [3.63, 3.8) is 0 Å². The summed E-state index contributed by atoms with van der Waals surface area (Å²) in [7, 11) is 0. The Bertz CT molecular complexity index is 784. The van der Waals surface area contributed by atoms with Gasteiger partial charge < -0.3 is 5.32 Å². The van der Waals surface area contributed by atoms with Crippen molar-refractivity contribution < 1.29 is 0 Å². The molecule has 1 atom stereocenters. The van der Waals surface area contributed by atoms with E-state index < -0.39 is 0 Å². The molecule has 3 rings (SSSR count). The number of nitrogens with one attached hydrogen (secondary N) is 1. The van der Waals surface area contributed by atoms with Crippen molar-refractivity contribution in [2.75, 3.05) is 19.6 Å². The first-order valence-electron chi connectivity index (χ1n) is 9.10. The number of benzene rings is 1. The molecule has 0 fully saturated rings. The number of nitrogens with zero attached hydrogens (tertiary/aromatic N) is 3. The minimum absolute atomic E-state index is 0.153. The summed E-state index contributed by atoms with van der Waals surface area (Å²) in [5.41, 5.74) is 4.54. The summed E-state index contributed by atoms with van der Waals surface area (Å²) >= 11 is 0. The largest absolute Gasteiger partial charge is 0.347 e. The number of rotatable bonds is 6. The Labute approximate surface area is 149 Å². The summed E-state index contributed by atoms with van der Waals surface area (Å²) in [4.78, 5) is 18.5. The Kier molecular flexibility index (Phi) is 5.66. The van der Waals surface area contributed by atoms with Crippen molar-refractivity contribution in [3.8, 4) is 0 Å². The van der Waals surface area contributed by atoms with E-state index in [-0.39, 0.29) is 5.69 Å². The van der Waals surface area contributed by atoms with Gasteiger partial charge in [0.2, 0.25) is 0 Å². The van der Waals surface area contributed by atoms with Crippen LogP contribution >= 0.6 is 0 Å². The standard InChI is InChI=1S/C20H28N4O/c1-15-12-17(3)24(20(25)22-15)11-9-21-16(2)13-23-10-8-18-6-4-5-7-19(18)14-23/h4-7,12,16,21H,8-11,13-14H2,1-3H3/t16-/m0/s1. The Morgan fingerprint density at radius 2 is 2.00 bits per heavy atom. The lowest BCUT2D eigenvalue weighted by Crippen LogP contribution is -2.43. The maximum Gasteiger partial charge on any atom is 0.347 e. The van der Waals surface area contributed by atoms with Crippen molar-refractivity contribution in [1.29, 1.82) is 0 Å². The summed E-state index contributed by atoms with van der Waals surface area (Å²) in [6, 6.07) is 11.1. The average Bonchev–Trinajstić information content (AvgIpc) is 2.57. The van der Waals surface area contributed by atoms with E-state index >= 15 is 0 Å². The highest BCUT2D eigenvalue weighted by atomic mass is 16.1. The van der Waals surface area contributed by atoms with Gasteiger partial charge in [-0.05, 0) is 44.4 Å². The van der Waals surface area contributed by atoms with Gasteiger partial charge >= 0.3 is 5.69 Å². The lowest BCUT2D eigenvalue weighted by Gasteiger charge is -2.31. The second kappa shape index (κ2) is 7.93. The highest BCUT2D eigenvalue weighted by Crippen LogP contribution is 2.18. The van der Waals surface area contributed by atoms with Crippen LogP contribution in [0.15, 0.2) is 35.1 Å². The quantitative estimate of drug-likeness (QED) is 0.873. The van der Waals surface area contributed by atoms with E-state index in [2.05, 4.69) is 46.4 Å². The topological polar surface area (TPSA) is 50.2 Å². The van der Waals surface area contributed by atoms with Crippen LogP contribution in [0.5, 0.6) is 0 Å². The molecular formula is C20H28N4O. The number of aromatic nitrogens is 2. The van der Waals surface area contributed by atoms with Crippen LogP contribution in [-0.2, 0) is 19.5 Å². The predicted molar refractivity (Wildman–Crippen MR) is 101 cm³/mol. The van der Waals surface area contributed by atoms with E-state index in [4.69, 9.17) is 0 Å².